The van der Waals surface area contributed by atoms with Crippen molar-refractivity contribution in [2.45, 2.75) is 6.42 Å². The molecule has 30 heavy (non-hydrogen) atoms. The number of hydrogen-bond donors (Lipinski definition) is 1. The first-order valence-electron chi connectivity index (χ1n) is 9.39. The Hall–Kier alpha value is -3.38. The highest BCUT2D eigenvalue weighted by molar-refractivity contribution is 6.30. The molecule has 0 unspecified atom stereocenters. The van der Waals surface area contributed by atoms with Gasteiger partial charge in [-0.1, -0.05) is 29.8 Å². The molecule has 7 heteroatoms. The molecule has 5 nitrogen and oxygen atoms in total. The molecule has 152 valence electrons. The van der Waals surface area contributed by atoms with Crippen molar-refractivity contribution in [3.05, 3.63) is 88.7 Å². The predicted molar refractivity (Wildman–Crippen MR) is 114 cm³/mol. The average Bonchev–Trinajstić information content (AvgIpc) is 3.19. The lowest BCUT2D eigenvalue weighted by molar-refractivity contribution is -0.118. The number of nitrogens with zero attached hydrogens (tertiary/aromatic N) is 1. The molecule has 0 saturated carbocycles. The van der Waals surface area contributed by atoms with E-state index in [2.05, 4.69) is 5.32 Å². The van der Waals surface area contributed by atoms with E-state index in [1.807, 2.05) is 24.3 Å². The van der Waals surface area contributed by atoms with E-state index in [1.54, 1.807) is 29.2 Å². The molecule has 3 aromatic rings. The summed E-state index contributed by atoms with van der Waals surface area (Å²) in [5.74, 6) is -0.721. The number of nitrogens with one attached hydrogen (secondary N) is 1. The Balaban J connectivity index is 1.35. The van der Waals surface area contributed by atoms with Gasteiger partial charge < -0.3 is 15.0 Å². The normalized spacial score (nSPS) is 12.4. The van der Waals surface area contributed by atoms with Gasteiger partial charge in [-0.05, 0) is 54.4 Å². The monoisotopic (exact) mass is 424 g/mol. The number of halogens is 2. The van der Waals surface area contributed by atoms with E-state index in [0.717, 1.165) is 17.7 Å². The summed E-state index contributed by atoms with van der Waals surface area (Å²) >= 11 is 5.69. The van der Waals surface area contributed by atoms with Crippen LogP contribution in [0.1, 0.15) is 15.9 Å². The fourth-order valence-corrected chi connectivity index (χ4v) is 3.48. The van der Waals surface area contributed by atoms with Crippen LogP contribution in [0.3, 0.4) is 0 Å². The van der Waals surface area contributed by atoms with E-state index >= 15 is 0 Å². The maximum absolute atomic E-state index is 13.2. The Morgan fingerprint density at radius 1 is 1.07 bits per heavy atom. The Bertz CT molecular complexity index is 1100. The zero-order valence-corrected chi connectivity index (χ0v) is 16.7. The van der Waals surface area contributed by atoms with Crippen molar-refractivity contribution < 1.29 is 18.7 Å². The summed E-state index contributed by atoms with van der Waals surface area (Å²) in [7, 11) is 0. The lowest BCUT2D eigenvalue weighted by atomic mass is 10.1. The first-order chi connectivity index (χ1) is 14.5. The van der Waals surface area contributed by atoms with E-state index in [-0.39, 0.29) is 23.4 Å². The maximum Gasteiger partial charge on any atom is 0.262 e. The lowest BCUT2D eigenvalue weighted by Crippen LogP contribution is -2.28. The van der Waals surface area contributed by atoms with Crippen molar-refractivity contribution in [1.82, 2.24) is 0 Å². The first kappa shape index (κ1) is 19.9. The smallest absolute Gasteiger partial charge is 0.262 e. The van der Waals surface area contributed by atoms with Gasteiger partial charge in [0, 0.05) is 29.5 Å². The number of carbonyl (C=O) groups is 2. The Morgan fingerprint density at radius 2 is 1.83 bits per heavy atom. The molecule has 3 aromatic carbocycles. The molecule has 0 radical (unpaired) electrons. The molecule has 0 bridgehead atoms. The molecule has 0 aromatic heterocycles. The van der Waals surface area contributed by atoms with E-state index in [4.69, 9.17) is 16.3 Å². The number of ether oxygens (including phenoxy) is 1. The summed E-state index contributed by atoms with van der Waals surface area (Å²) in [6.45, 7) is 0.397. The fraction of sp³-hybridized carbons (Fsp3) is 0.130. The summed E-state index contributed by atoms with van der Waals surface area (Å²) in [6, 6.07) is 18.4. The van der Waals surface area contributed by atoms with Crippen LogP contribution < -0.4 is 15.0 Å². The van der Waals surface area contributed by atoms with Gasteiger partial charge in [0.2, 0.25) is 0 Å². The first-order valence-corrected chi connectivity index (χ1v) is 9.76. The predicted octanol–water partition coefficient (Wildman–Crippen LogP) is 4.70. The Labute approximate surface area is 178 Å². The van der Waals surface area contributed by atoms with Crippen LogP contribution in [0.2, 0.25) is 5.02 Å². The van der Waals surface area contributed by atoms with Gasteiger partial charge in [0.15, 0.2) is 6.61 Å². The quantitative estimate of drug-likeness (QED) is 0.646. The van der Waals surface area contributed by atoms with E-state index < -0.39 is 5.82 Å². The zero-order chi connectivity index (χ0) is 21.1. The van der Waals surface area contributed by atoms with E-state index in [0.29, 0.717) is 23.5 Å². The van der Waals surface area contributed by atoms with Gasteiger partial charge in [0.05, 0.1) is 5.02 Å². The second kappa shape index (κ2) is 8.55. The van der Waals surface area contributed by atoms with Gasteiger partial charge in [-0.25, -0.2) is 4.39 Å². The maximum atomic E-state index is 13.2. The third-order valence-electron chi connectivity index (χ3n) is 4.81. The van der Waals surface area contributed by atoms with Gasteiger partial charge in [0.25, 0.3) is 11.8 Å². The third-order valence-corrected chi connectivity index (χ3v) is 5.10. The van der Waals surface area contributed by atoms with Crippen molar-refractivity contribution in [2.75, 3.05) is 23.4 Å². The van der Waals surface area contributed by atoms with Crippen molar-refractivity contribution in [3.8, 4) is 5.75 Å². The minimum atomic E-state index is -0.555. The average molecular weight is 425 g/mol. The molecule has 1 aliphatic heterocycles. The zero-order valence-electron chi connectivity index (χ0n) is 15.9. The molecule has 1 heterocycles. The highest BCUT2D eigenvalue weighted by atomic mass is 35.5. The number of fused-ring (bicyclic) bond motifs is 1. The SMILES string of the molecule is O=C(COc1ccc(F)c(Cl)c1)Nc1ccc(C(=O)N2CCc3ccccc32)cc1. The third kappa shape index (κ3) is 4.28. The summed E-state index contributed by atoms with van der Waals surface area (Å²) < 4.78 is 18.5. The van der Waals surface area contributed by atoms with Gasteiger partial charge in [-0.15, -0.1) is 0 Å². The van der Waals surface area contributed by atoms with Crippen LogP contribution in [0, 0.1) is 5.82 Å². The van der Waals surface area contributed by atoms with Crippen LogP contribution in [0.4, 0.5) is 15.8 Å². The van der Waals surface area contributed by atoms with Crippen molar-refractivity contribution in [2.24, 2.45) is 0 Å². The molecule has 1 N–H and O–H groups in total. The summed E-state index contributed by atoms with van der Waals surface area (Å²) in [5, 5.41) is 2.62. The largest absolute Gasteiger partial charge is 0.484 e. The molecule has 0 aliphatic carbocycles. The van der Waals surface area contributed by atoms with Crippen molar-refractivity contribution in [3.63, 3.8) is 0 Å². The fourth-order valence-electron chi connectivity index (χ4n) is 3.31. The van der Waals surface area contributed by atoms with Crippen LogP contribution >= 0.6 is 11.6 Å². The summed E-state index contributed by atoms with van der Waals surface area (Å²) in [5.41, 5.74) is 3.19. The van der Waals surface area contributed by atoms with Gasteiger partial charge in [0.1, 0.15) is 11.6 Å². The molecule has 0 spiro atoms. The van der Waals surface area contributed by atoms with Crippen molar-refractivity contribution >= 4 is 34.8 Å². The van der Waals surface area contributed by atoms with Crippen molar-refractivity contribution in [1.29, 1.82) is 0 Å². The Kier molecular flexibility index (Phi) is 5.68. The van der Waals surface area contributed by atoms with Crippen LogP contribution in [-0.4, -0.2) is 25.0 Å². The lowest BCUT2D eigenvalue weighted by Gasteiger charge is -2.17. The summed E-state index contributed by atoms with van der Waals surface area (Å²) in [4.78, 5) is 26.7. The van der Waals surface area contributed by atoms with E-state index in [9.17, 15) is 14.0 Å². The van der Waals surface area contributed by atoms with Crippen LogP contribution in [-0.2, 0) is 11.2 Å². The molecule has 0 saturated heterocycles. The van der Waals surface area contributed by atoms with Gasteiger partial charge >= 0.3 is 0 Å². The number of anilines is 2. The topological polar surface area (TPSA) is 58.6 Å². The van der Waals surface area contributed by atoms with E-state index in [1.165, 1.54) is 18.2 Å². The second-order valence-corrected chi connectivity index (χ2v) is 7.23. The molecule has 0 fully saturated rings. The highest BCUT2D eigenvalue weighted by Crippen LogP contribution is 2.29. The molecular formula is C23H18ClFN2O3. The Morgan fingerprint density at radius 3 is 2.60 bits per heavy atom. The van der Waals surface area contributed by atoms with Crippen LogP contribution in [0.25, 0.3) is 0 Å². The minimum Gasteiger partial charge on any atom is -0.484 e. The second-order valence-electron chi connectivity index (χ2n) is 6.83. The molecule has 1 aliphatic rings. The summed E-state index contributed by atoms with van der Waals surface area (Å²) in [6.07, 6.45) is 0.843. The molecular weight excluding hydrogens is 407 g/mol. The highest BCUT2D eigenvalue weighted by Gasteiger charge is 2.25. The molecule has 0 atom stereocenters. The number of benzene rings is 3. The van der Waals surface area contributed by atoms with Gasteiger partial charge in [-0.3, -0.25) is 9.59 Å². The number of carbonyl (C=O) groups excluding carboxylic acids is 2. The number of hydrogen-bond acceptors (Lipinski definition) is 3. The minimum absolute atomic E-state index is 0.0747. The van der Waals surface area contributed by atoms with Gasteiger partial charge in [-0.2, -0.15) is 0 Å². The van der Waals surface area contributed by atoms with Crippen LogP contribution in [0.15, 0.2) is 66.7 Å². The van der Waals surface area contributed by atoms with Crippen LogP contribution in [0.5, 0.6) is 5.75 Å². The number of para-hydroxylation sites is 1. The molecule has 4 rings (SSSR count). The molecule has 2 amide bonds. The number of amides is 2. The number of rotatable bonds is 5. The standard InChI is InChI=1S/C23H18ClFN2O3/c24-19-13-18(9-10-20(19)25)30-14-22(28)26-17-7-5-16(6-8-17)23(29)27-12-11-15-3-1-2-4-21(15)27/h1-10,13H,11-12,14H2,(H,26,28).